The number of esters is 1. The Bertz CT molecular complexity index is 506. The van der Waals surface area contributed by atoms with Gasteiger partial charge in [-0.2, -0.15) is 0 Å². The molecular formula is C11H12F2N2O4. The first-order valence-corrected chi connectivity index (χ1v) is 5.45. The van der Waals surface area contributed by atoms with Gasteiger partial charge in [-0.1, -0.05) is 0 Å². The summed E-state index contributed by atoms with van der Waals surface area (Å²) in [5, 5.41) is 10.8. The second-order valence-electron chi connectivity index (χ2n) is 3.67. The van der Waals surface area contributed by atoms with Crippen LogP contribution in [0.5, 0.6) is 0 Å². The van der Waals surface area contributed by atoms with Crippen LogP contribution in [-0.4, -0.2) is 22.5 Å². The maximum atomic E-state index is 12.6. The van der Waals surface area contributed by atoms with Crippen molar-refractivity contribution in [2.45, 2.75) is 26.7 Å². The lowest BCUT2D eigenvalue weighted by atomic mass is 10.1. The molecule has 1 aromatic heterocycles. The Balaban J connectivity index is 3.20. The minimum absolute atomic E-state index is 0.0455. The quantitative estimate of drug-likeness (QED) is 0.467. The lowest BCUT2D eigenvalue weighted by molar-refractivity contribution is -0.387. The van der Waals surface area contributed by atoms with Gasteiger partial charge in [0.2, 0.25) is 0 Å². The van der Waals surface area contributed by atoms with Crippen LogP contribution in [0.2, 0.25) is 0 Å². The molecule has 0 aliphatic rings. The molecule has 0 aliphatic heterocycles. The van der Waals surface area contributed by atoms with Crippen LogP contribution in [0.1, 0.15) is 30.2 Å². The number of alkyl halides is 2. The minimum Gasteiger partial charge on any atom is -0.466 e. The Kier molecular flexibility index (Phi) is 4.85. The molecule has 0 amide bonds. The van der Waals surface area contributed by atoms with Gasteiger partial charge in [-0.3, -0.25) is 19.9 Å². The SMILES string of the molecule is CCOC(=O)Cc1ncc(C(F)F)c([N+](=O)[O-])c1C. The molecule has 0 bridgehead atoms. The second kappa shape index (κ2) is 6.17. The van der Waals surface area contributed by atoms with E-state index in [1.54, 1.807) is 6.92 Å². The third kappa shape index (κ3) is 3.43. The van der Waals surface area contributed by atoms with E-state index in [1.807, 2.05) is 0 Å². The molecular weight excluding hydrogens is 262 g/mol. The van der Waals surface area contributed by atoms with E-state index < -0.39 is 28.6 Å². The highest BCUT2D eigenvalue weighted by Crippen LogP contribution is 2.32. The summed E-state index contributed by atoms with van der Waals surface area (Å²) in [7, 11) is 0. The fourth-order valence-electron chi connectivity index (χ4n) is 1.59. The largest absolute Gasteiger partial charge is 0.466 e. The molecule has 0 fully saturated rings. The summed E-state index contributed by atoms with van der Waals surface area (Å²) in [5.74, 6) is -0.614. The Morgan fingerprint density at radius 2 is 2.21 bits per heavy atom. The Labute approximate surface area is 107 Å². The molecule has 1 heterocycles. The van der Waals surface area contributed by atoms with Crippen molar-refractivity contribution in [2.24, 2.45) is 0 Å². The summed E-state index contributed by atoms with van der Waals surface area (Å²) >= 11 is 0. The zero-order chi connectivity index (χ0) is 14.6. The van der Waals surface area contributed by atoms with Crippen LogP contribution in [0.25, 0.3) is 0 Å². The third-order valence-corrected chi connectivity index (χ3v) is 2.46. The zero-order valence-electron chi connectivity index (χ0n) is 10.4. The first-order chi connectivity index (χ1) is 8.88. The lowest BCUT2D eigenvalue weighted by Gasteiger charge is -2.08. The monoisotopic (exact) mass is 274 g/mol. The average Bonchev–Trinajstić information content (AvgIpc) is 2.30. The van der Waals surface area contributed by atoms with Crippen molar-refractivity contribution in [3.8, 4) is 0 Å². The molecule has 8 heteroatoms. The molecule has 19 heavy (non-hydrogen) atoms. The van der Waals surface area contributed by atoms with E-state index in [-0.39, 0.29) is 24.3 Å². The fourth-order valence-corrected chi connectivity index (χ4v) is 1.59. The van der Waals surface area contributed by atoms with Crippen LogP contribution in [0.4, 0.5) is 14.5 Å². The second-order valence-corrected chi connectivity index (χ2v) is 3.67. The summed E-state index contributed by atoms with van der Waals surface area (Å²) in [5.41, 5.74) is -1.44. The number of carbonyl (C=O) groups is 1. The summed E-state index contributed by atoms with van der Waals surface area (Å²) in [6, 6.07) is 0. The van der Waals surface area contributed by atoms with Gasteiger partial charge >= 0.3 is 5.97 Å². The van der Waals surface area contributed by atoms with Crippen molar-refractivity contribution >= 4 is 11.7 Å². The normalized spacial score (nSPS) is 10.6. The van der Waals surface area contributed by atoms with E-state index in [0.717, 1.165) is 6.20 Å². The molecule has 0 unspecified atom stereocenters. The van der Waals surface area contributed by atoms with Crippen molar-refractivity contribution in [1.29, 1.82) is 0 Å². The van der Waals surface area contributed by atoms with Gasteiger partial charge in [0.05, 0.1) is 23.6 Å². The first-order valence-electron chi connectivity index (χ1n) is 5.45. The molecule has 6 nitrogen and oxygen atoms in total. The van der Waals surface area contributed by atoms with Gasteiger partial charge in [0.25, 0.3) is 12.1 Å². The molecule has 0 N–H and O–H groups in total. The van der Waals surface area contributed by atoms with Gasteiger partial charge in [-0.15, -0.1) is 0 Å². The van der Waals surface area contributed by atoms with Gasteiger partial charge in [0.1, 0.15) is 5.56 Å². The van der Waals surface area contributed by atoms with Crippen molar-refractivity contribution in [2.75, 3.05) is 6.61 Å². The molecule has 0 aromatic carbocycles. The molecule has 1 rings (SSSR count). The Hall–Kier alpha value is -2.12. The molecule has 0 atom stereocenters. The Morgan fingerprint density at radius 3 is 2.68 bits per heavy atom. The highest BCUT2D eigenvalue weighted by molar-refractivity contribution is 5.73. The average molecular weight is 274 g/mol. The highest BCUT2D eigenvalue weighted by Gasteiger charge is 2.27. The van der Waals surface area contributed by atoms with Crippen molar-refractivity contribution < 1.29 is 23.2 Å². The molecule has 0 radical (unpaired) electrons. The zero-order valence-corrected chi connectivity index (χ0v) is 10.4. The predicted octanol–water partition coefficient (Wildman–Crippen LogP) is 2.34. The summed E-state index contributed by atoms with van der Waals surface area (Å²) in [6.07, 6.45) is -2.56. The van der Waals surface area contributed by atoms with E-state index >= 15 is 0 Å². The van der Waals surface area contributed by atoms with Gasteiger partial charge in [0.15, 0.2) is 0 Å². The first kappa shape index (κ1) is 14.9. The molecule has 0 saturated heterocycles. The standard InChI is InChI=1S/C11H12F2N2O4/c1-3-19-9(16)4-8-6(2)10(15(17)18)7(5-14-8)11(12)13/h5,11H,3-4H2,1-2H3. The smallest absolute Gasteiger partial charge is 0.311 e. The van der Waals surface area contributed by atoms with Gasteiger partial charge in [-0.05, 0) is 13.8 Å². The molecule has 104 valence electrons. The van der Waals surface area contributed by atoms with Gasteiger partial charge in [0, 0.05) is 11.8 Å². The summed E-state index contributed by atoms with van der Waals surface area (Å²) in [6.45, 7) is 3.06. The van der Waals surface area contributed by atoms with E-state index in [2.05, 4.69) is 9.72 Å². The summed E-state index contributed by atoms with van der Waals surface area (Å²) < 4.78 is 30.0. The van der Waals surface area contributed by atoms with Crippen LogP contribution in [0.15, 0.2) is 6.20 Å². The van der Waals surface area contributed by atoms with E-state index in [9.17, 15) is 23.7 Å². The maximum absolute atomic E-state index is 12.6. The number of nitro groups is 1. The molecule has 0 aliphatic carbocycles. The number of aromatic nitrogens is 1. The predicted molar refractivity (Wildman–Crippen MR) is 60.9 cm³/mol. The van der Waals surface area contributed by atoms with Crippen molar-refractivity contribution in [3.05, 3.63) is 33.1 Å². The van der Waals surface area contributed by atoms with Gasteiger partial charge < -0.3 is 4.74 Å². The van der Waals surface area contributed by atoms with E-state index in [4.69, 9.17) is 0 Å². The summed E-state index contributed by atoms with van der Waals surface area (Å²) in [4.78, 5) is 24.9. The number of rotatable bonds is 5. The number of hydrogen-bond acceptors (Lipinski definition) is 5. The third-order valence-electron chi connectivity index (χ3n) is 2.46. The van der Waals surface area contributed by atoms with E-state index in [0.29, 0.717) is 0 Å². The van der Waals surface area contributed by atoms with Crippen molar-refractivity contribution in [3.63, 3.8) is 0 Å². The number of pyridine rings is 1. The molecule has 1 aromatic rings. The number of halogens is 2. The van der Waals surface area contributed by atoms with Gasteiger partial charge in [-0.25, -0.2) is 8.78 Å². The fraction of sp³-hybridized carbons (Fsp3) is 0.455. The topological polar surface area (TPSA) is 82.3 Å². The number of nitrogens with zero attached hydrogens (tertiary/aromatic N) is 2. The number of carbonyl (C=O) groups excluding carboxylic acids is 1. The number of hydrogen-bond donors (Lipinski definition) is 0. The van der Waals surface area contributed by atoms with E-state index in [1.165, 1.54) is 6.92 Å². The van der Waals surface area contributed by atoms with Crippen LogP contribution < -0.4 is 0 Å². The Morgan fingerprint density at radius 1 is 1.58 bits per heavy atom. The van der Waals surface area contributed by atoms with Crippen LogP contribution in [-0.2, 0) is 16.0 Å². The highest BCUT2D eigenvalue weighted by atomic mass is 19.3. The molecule has 0 spiro atoms. The lowest BCUT2D eigenvalue weighted by Crippen LogP contribution is -2.12. The molecule has 0 saturated carbocycles. The van der Waals surface area contributed by atoms with Crippen LogP contribution in [0.3, 0.4) is 0 Å². The minimum atomic E-state index is -3.00. The van der Waals surface area contributed by atoms with Crippen molar-refractivity contribution in [1.82, 2.24) is 4.98 Å². The number of ether oxygens (including phenoxy) is 1. The van der Waals surface area contributed by atoms with Crippen LogP contribution >= 0.6 is 0 Å². The maximum Gasteiger partial charge on any atom is 0.311 e. The van der Waals surface area contributed by atoms with Crippen LogP contribution in [0, 0.1) is 17.0 Å².